The van der Waals surface area contributed by atoms with Crippen molar-refractivity contribution in [3.05, 3.63) is 88.0 Å². The second kappa shape index (κ2) is 9.02. The Morgan fingerprint density at radius 3 is 2.58 bits per heavy atom. The lowest BCUT2D eigenvalue weighted by Crippen LogP contribution is -2.30. The number of fused-ring (bicyclic) bond motifs is 2. The van der Waals surface area contributed by atoms with Crippen molar-refractivity contribution in [2.75, 3.05) is 6.61 Å². The Morgan fingerprint density at radius 2 is 1.86 bits per heavy atom. The molecule has 0 aliphatic rings. The zero-order chi connectivity index (χ0) is 25.4. The topological polar surface area (TPSA) is 120 Å². The average Bonchev–Trinajstić information content (AvgIpc) is 3.38. The molecular formula is C26H22N4O5S. The number of hydrogen-bond acceptors (Lipinski definition) is 7. The van der Waals surface area contributed by atoms with Crippen LogP contribution in [0.1, 0.15) is 30.2 Å². The molecule has 0 saturated carbocycles. The fourth-order valence-corrected chi connectivity index (χ4v) is 5.51. The maximum Gasteiger partial charge on any atom is 0.343 e. The number of nitriles is 1. The summed E-state index contributed by atoms with van der Waals surface area (Å²) in [6.07, 6.45) is 0.860. The van der Waals surface area contributed by atoms with Gasteiger partial charge in [0.15, 0.2) is 5.58 Å². The normalized spacial score (nSPS) is 11.7. The molecule has 10 heteroatoms. The van der Waals surface area contributed by atoms with Crippen molar-refractivity contribution in [3.63, 3.8) is 0 Å². The van der Waals surface area contributed by atoms with E-state index in [4.69, 9.17) is 14.5 Å². The van der Waals surface area contributed by atoms with Crippen molar-refractivity contribution in [1.29, 1.82) is 5.26 Å². The number of aryl methyl sites for hydroxylation is 1. The predicted molar refractivity (Wildman–Crippen MR) is 134 cm³/mol. The molecule has 0 N–H and O–H groups in total. The van der Waals surface area contributed by atoms with Gasteiger partial charge < -0.3 is 9.26 Å². The SMILES string of the molecule is CCCOc1cccc(Cn2c(=O)n(S(=O)(=O)c3ccc(C#N)cc3)c3cc4onc(C)c4cc32)c1. The van der Waals surface area contributed by atoms with Crippen molar-refractivity contribution < 1.29 is 17.7 Å². The lowest BCUT2D eigenvalue weighted by molar-refractivity contribution is 0.317. The van der Waals surface area contributed by atoms with Crippen molar-refractivity contribution >= 4 is 32.0 Å². The molecule has 0 radical (unpaired) electrons. The zero-order valence-electron chi connectivity index (χ0n) is 19.6. The van der Waals surface area contributed by atoms with Crippen LogP contribution in [0, 0.1) is 18.3 Å². The number of ether oxygens (including phenoxy) is 1. The van der Waals surface area contributed by atoms with Crippen LogP contribution in [-0.2, 0) is 16.6 Å². The summed E-state index contributed by atoms with van der Waals surface area (Å²) in [6.45, 7) is 4.49. The Balaban J connectivity index is 1.72. The molecule has 2 heterocycles. The van der Waals surface area contributed by atoms with E-state index in [1.165, 1.54) is 34.9 Å². The minimum absolute atomic E-state index is 0.105. The Morgan fingerprint density at radius 1 is 1.08 bits per heavy atom. The molecule has 36 heavy (non-hydrogen) atoms. The molecule has 2 aromatic heterocycles. The highest BCUT2D eigenvalue weighted by atomic mass is 32.2. The van der Waals surface area contributed by atoms with E-state index in [0.29, 0.717) is 40.1 Å². The second-order valence-electron chi connectivity index (χ2n) is 8.38. The second-order valence-corrected chi connectivity index (χ2v) is 10.2. The summed E-state index contributed by atoms with van der Waals surface area (Å²) in [5.74, 6) is 0.675. The molecule has 0 aliphatic heterocycles. The van der Waals surface area contributed by atoms with Gasteiger partial charge in [-0.3, -0.25) is 4.57 Å². The molecule has 5 rings (SSSR count). The summed E-state index contributed by atoms with van der Waals surface area (Å²) in [7, 11) is -4.29. The minimum Gasteiger partial charge on any atom is -0.494 e. The molecule has 182 valence electrons. The van der Waals surface area contributed by atoms with E-state index >= 15 is 0 Å². The maximum atomic E-state index is 13.7. The Bertz CT molecular complexity index is 1810. The number of nitrogens with zero attached hydrogens (tertiary/aromatic N) is 4. The molecular weight excluding hydrogens is 480 g/mol. The molecule has 0 amide bonds. The van der Waals surface area contributed by atoms with Crippen LogP contribution in [0.4, 0.5) is 0 Å². The van der Waals surface area contributed by atoms with Crippen LogP contribution in [0.5, 0.6) is 5.75 Å². The van der Waals surface area contributed by atoms with E-state index in [1.807, 2.05) is 37.3 Å². The van der Waals surface area contributed by atoms with Gasteiger partial charge in [-0.2, -0.15) is 9.23 Å². The highest BCUT2D eigenvalue weighted by Crippen LogP contribution is 2.28. The first kappa shape index (κ1) is 23.4. The minimum atomic E-state index is -4.29. The van der Waals surface area contributed by atoms with Crippen molar-refractivity contribution in [1.82, 2.24) is 13.7 Å². The molecule has 5 aromatic rings. The largest absolute Gasteiger partial charge is 0.494 e. The van der Waals surface area contributed by atoms with Gasteiger partial charge in [0.2, 0.25) is 0 Å². The zero-order valence-corrected chi connectivity index (χ0v) is 20.4. The van der Waals surface area contributed by atoms with Crippen LogP contribution in [0.3, 0.4) is 0 Å². The van der Waals surface area contributed by atoms with Gasteiger partial charge in [-0.15, -0.1) is 0 Å². The number of benzene rings is 3. The van der Waals surface area contributed by atoms with Crippen LogP contribution in [-0.4, -0.2) is 28.7 Å². The summed E-state index contributed by atoms with van der Waals surface area (Å²) >= 11 is 0. The van der Waals surface area contributed by atoms with Crippen LogP contribution >= 0.6 is 0 Å². The lowest BCUT2D eigenvalue weighted by Gasteiger charge is -2.08. The van der Waals surface area contributed by atoms with Gasteiger partial charge in [-0.05, 0) is 61.4 Å². The molecule has 3 aromatic carbocycles. The van der Waals surface area contributed by atoms with E-state index in [9.17, 15) is 13.2 Å². The van der Waals surface area contributed by atoms with E-state index in [1.54, 1.807) is 13.0 Å². The van der Waals surface area contributed by atoms with Crippen LogP contribution in [0.2, 0.25) is 0 Å². The third-order valence-corrected chi connectivity index (χ3v) is 7.60. The van der Waals surface area contributed by atoms with Gasteiger partial charge in [0.25, 0.3) is 10.0 Å². The predicted octanol–water partition coefficient (Wildman–Crippen LogP) is 4.20. The van der Waals surface area contributed by atoms with E-state index in [-0.39, 0.29) is 17.0 Å². The smallest absolute Gasteiger partial charge is 0.343 e. The van der Waals surface area contributed by atoms with E-state index < -0.39 is 15.7 Å². The third kappa shape index (κ3) is 3.93. The van der Waals surface area contributed by atoms with Gasteiger partial charge in [-0.25, -0.2) is 13.2 Å². The third-order valence-electron chi connectivity index (χ3n) is 5.90. The molecule has 0 atom stereocenters. The molecule has 0 spiro atoms. The molecule has 0 aliphatic carbocycles. The van der Waals surface area contributed by atoms with Gasteiger partial charge in [0, 0.05) is 11.5 Å². The highest BCUT2D eigenvalue weighted by Gasteiger charge is 2.27. The van der Waals surface area contributed by atoms with Crippen molar-refractivity contribution in [2.45, 2.75) is 31.7 Å². The Hall–Kier alpha value is -4.36. The van der Waals surface area contributed by atoms with E-state index in [0.717, 1.165) is 16.0 Å². The van der Waals surface area contributed by atoms with Crippen LogP contribution in [0.15, 0.2) is 74.9 Å². The maximum absolute atomic E-state index is 13.7. The van der Waals surface area contributed by atoms with Crippen LogP contribution in [0.25, 0.3) is 22.0 Å². The fourth-order valence-electron chi connectivity index (χ4n) is 4.11. The summed E-state index contributed by atoms with van der Waals surface area (Å²) in [4.78, 5) is 13.6. The molecule has 0 unspecified atom stereocenters. The van der Waals surface area contributed by atoms with Gasteiger partial charge in [0.1, 0.15) is 5.75 Å². The lowest BCUT2D eigenvalue weighted by atomic mass is 10.2. The number of rotatable bonds is 7. The summed E-state index contributed by atoms with van der Waals surface area (Å²) in [5, 5.41) is 13.7. The van der Waals surface area contributed by atoms with Gasteiger partial charge in [0.05, 0.1) is 46.4 Å². The molecule has 0 bridgehead atoms. The standard InChI is InChI=1S/C26H22N4O5S/c1-3-11-34-20-6-4-5-19(12-20)16-29-23-13-22-17(2)28-35-25(22)14-24(23)30(26(29)31)36(32,33)21-9-7-18(15-27)8-10-21/h4-10,12-14H,3,11,16H2,1-2H3. The first-order valence-corrected chi connectivity index (χ1v) is 12.8. The number of imidazole rings is 1. The van der Waals surface area contributed by atoms with Crippen molar-refractivity contribution in [3.8, 4) is 11.8 Å². The fraction of sp³-hybridized carbons (Fsp3) is 0.192. The first-order valence-electron chi connectivity index (χ1n) is 11.3. The molecule has 0 fully saturated rings. The molecule has 0 saturated heterocycles. The summed E-state index contributed by atoms with van der Waals surface area (Å²) in [5.41, 5.74) is 1.98. The quantitative estimate of drug-likeness (QED) is 0.327. The average molecular weight is 503 g/mol. The molecule has 9 nitrogen and oxygen atoms in total. The number of hydrogen-bond donors (Lipinski definition) is 0. The first-order chi connectivity index (χ1) is 17.3. The Labute approximate surface area is 206 Å². The van der Waals surface area contributed by atoms with Crippen molar-refractivity contribution in [2.24, 2.45) is 0 Å². The monoisotopic (exact) mass is 502 g/mol. The van der Waals surface area contributed by atoms with Gasteiger partial charge >= 0.3 is 5.69 Å². The Kier molecular flexibility index (Phi) is 5.86. The van der Waals surface area contributed by atoms with E-state index in [2.05, 4.69) is 5.16 Å². The number of aromatic nitrogens is 3. The summed E-state index contributed by atoms with van der Waals surface area (Å²) < 4.78 is 40.6. The van der Waals surface area contributed by atoms with Crippen LogP contribution < -0.4 is 10.4 Å². The van der Waals surface area contributed by atoms with Gasteiger partial charge in [-0.1, -0.05) is 24.2 Å². The highest BCUT2D eigenvalue weighted by molar-refractivity contribution is 7.90. The summed E-state index contributed by atoms with van der Waals surface area (Å²) in [6, 6.07) is 18.0.